The van der Waals surface area contributed by atoms with Gasteiger partial charge in [0.25, 0.3) is 0 Å². The number of anilines is 1. The minimum atomic E-state index is 0.442. The molecule has 2 N–H and O–H groups in total. The van der Waals surface area contributed by atoms with Crippen LogP contribution in [0.3, 0.4) is 0 Å². The molecule has 0 saturated carbocycles. The van der Waals surface area contributed by atoms with Crippen molar-refractivity contribution in [2.75, 3.05) is 11.4 Å². The van der Waals surface area contributed by atoms with Crippen LogP contribution < -0.4 is 10.6 Å². The third-order valence-corrected chi connectivity index (χ3v) is 4.33. The molecule has 1 fully saturated rings. The van der Waals surface area contributed by atoms with Crippen molar-refractivity contribution in [3.63, 3.8) is 0 Å². The summed E-state index contributed by atoms with van der Waals surface area (Å²) in [5.41, 5.74) is 7.80. The monoisotopic (exact) mass is 285 g/mol. The molecular weight excluding hydrogens is 266 g/mol. The molecule has 2 heterocycles. The molecular formula is C16H19N3S. The lowest BCUT2D eigenvalue weighted by Gasteiger charge is -2.25. The maximum atomic E-state index is 5.90. The largest absolute Gasteiger partial charge is 0.389 e. The van der Waals surface area contributed by atoms with E-state index in [1.165, 1.54) is 12.8 Å². The van der Waals surface area contributed by atoms with Crippen molar-refractivity contribution in [3.8, 4) is 0 Å². The molecule has 1 aromatic heterocycles. The maximum Gasteiger partial charge on any atom is 0.130 e. The molecule has 2 aromatic rings. The molecule has 4 heteroatoms. The lowest BCUT2D eigenvalue weighted by atomic mass is 10.1. The van der Waals surface area contributed by atoms with E-state index in [1.807, 2.05) is 24.3 Å². The zero-order chi connectivity index (χ0) is 14.1. The van der Waals surface area contributed by atoms with Crippen LogP contribution in [0, 0.1) is 0 Å². The van der Waals surface area contributed by atoms with Crippen molar-refractivity contribution in [3.05, 3.63) is 35.9 Å². The van der Waals surface area contributed by atoms with Crippen molar-refractivity contribution in [2.45, 2.75) is 32.2 Å². The number of aromatic nitrogens is 1. The van der Waals surface area contributed by atoms with Crippen LogP contribution in [-0.2, 0) is 0 Å². The van der Waals surface area contributed by atoms with Gasteiger partial charge in [-0.3, -0.25) is 0 Å². The van der Waals surface area contributed by atoms with E-state index in [0.29, 0.717) is 11.0 Å². The highest BCUT2D eigenvalue weighted by molar-refractivity contribution is 7.80. The number of rotatable bonds is 3. The fourth-order valence-corrected chi connectivity index (χ4v) is 3.24. The molecule has 1 unspecified atom stereocenters. The van der Waals surface area contributed by atoms with Crippen molar-refractivity contribution >= 4 is 33.9 Å². The van der Waals surface area contributed by atoms with Crippen molar-refractivity contribution in [2.24, 2.45) is 5.73 Å². The quantitative estimate of drug-likeness (QED) is 0.879. The molecule has 1 aromatic carbocycles. The Morgan fingerprint density at radius 1 is 1.45 bits per heavy atom. The van der Waals surface area contributed by atoms with Crippen LogP contribution in [0.15, 0.2) is 30.3 Å². The van der Waals surface area contributed by atoms with E-state index in [4.69, 9.17) is 22.9 Å². The first-order valence-electron chi connectivity index (χ1n) is 7.17. The van der Waals surface area contributed by atoms with Crippen molar-refractivity contribution in [1.29, 1.82) is 0 Å². The lowest BCUT2D eigenvalue weighted by molar-refractivity contribution is 0.641. The van der Waals surface area contributed by atoms with Crippen molar-refractivity contribution in [1.82, 2.24) is 4.98 Å². The van der Waals surface area contributed by atoms with Gasteiger partial charge in [-0.05, 0) is 31.4 Å². The van der Waals surface area contributed by atoms with Gasteiger partial charge in [-0.25, -0.2) is 4.98 Å². The Labute approximate surface area is 124 Å². The number of pyridine rings is 1. The zero-order valence-electron chi connectivity index (χ0n) is 11.7. The molecule has 1 saturated heterocycles. The second-order valence-corrected chi connectivity index (χ2v) is 5.75. The van der Waals surface area contributed by atoms with E-state index in [0.717, 1.165) is 35.2 Å². The summed E-state index contributed by atoms with van der Waals surface area (Å²) < 4.78 is 0. The van der Waals surface area contributed by atoms with Gasteiger partial charge in [0, 0.05) is 23.5 Å². The first-order chi connectivity index (χ1) is 9.70. The Kier molecular flexibility index (Phi) is 3.57. The molecule has 0 radical (unpaired) electrons. The summed E-state index contributed by atoms with van der Waals surface area (Å²) in [6.45, 7) is 3.30. The van der Waals surface area contributed by atoms with E-state index in [1.54, 1.807) is 0 Å². The van der Waals surface area contributed by atoms with E-state index in [2.05, 4.69) is 17.9 Å². The molecule has 0 aliphatic carbocycles. The van der Waals surface area contributed by atoms with Gasteiger partial charge < -0.3 is 10.6 Å². The summed E-state index contributed by atoms with van der Waals surface area (Å²) in [4.78, 5) is 7.65. The van der Waals surface area contributed by atoms with Gasteiger partial charge in [-0.15, -0.1) is 0 Å². The third-order valence-electron chi connectivity index (χ3n) is 4.11. The van der Waals surface area contributed by atoms with Gasteiger partial charge in [0.2, 0.25) is 0 Å². The average molecular weight is 285 g/mol. The Balaban J connectivity index is 2.15. The summed E-state index contributed by atoms with van der Waals surface area (Å²) in [6, 6.07) is 10.7. The zero-order valence-corrected chi connectivity index (χ0v) is 12.5. The number of nitrogens with zero attached hydrogens (tertiary/aromatic N) is 2. The molecule has 0 bridgehead atoms. The van der Waals surface area contributed by atoms with Crippen LogP contribution in [0.5, 0.6) is 0 Å². The summed E-state index contributed by atoms with van der Waals surface area (Å²) in [5.74, 6) is 1.01. The van der Waals surface area contributed by atoms with Gasteiger partial charge in [0.1, 0.15) is 10.8 Å². The SMILES string of the molecule is CCC1CCCN1c1cc(C(N)=S)c2ccccc2n1. The van der Waals surface area contributed by atoms with Crippen LogP contribution in [0.4, 0.5) is 5.82 Å². The van der Waals surface area contributed by atoms with E-state index in [-0.39, 0.29) is 0 Å². The predicted molar refractivity (Wildman–Crippen MR) is 88.3 cm³/mol. The van der Waals surface area contributed by atoms with E-state index in [9.17, 15) is 0 Å². The summed E-state index contributed by atoms with van der Waals surface area (Å²) in [7, 11) is 0. The van der Waals surface area contributed by atoms with Gasteiger partial charge in [0.15, 0.2) is 0 Å². The molecule has 3 rings (SSSR count). The smallest absolute Gasteiger partial charge is 0.130 e. The Hall–Kier alpha value is -1.68. The maximum absolute atomic E-state index is 5.90. The van der Waals surface area contributed by atoms with Crippen LogP contribution in [0.1, 0.15) is 31.7 Å². The average Bonchev–Trinajstić information content (AvgIpc) is 2.94. The fourth-order valence-electron chi connectivity index (χ4n) is 3.07. The number of thiocarbonyl (C=S) groups is 1. The number of hydrogen-bond donors (Lipinski definition) is 1. The molecule has 0 amide bonds. The Bertz CT molecular complexity index is 653. The summed E-state index contributed by atoms with van der Waals surface area (Å²) >= 11 is 5.21. The van der Waals surface area contributed by atoms with Crippen molar-refractivity contribution < 1.29 is 0 Å². The number of fused-ring (bicyclic) bond motifs is 1. The molecule has 20 heavy (non-hydrogen) atoms. The second kappa shape index (κ2) is 5.37. The first kappa shape index (κ1) is 13.3. The highest BCUT2D eigenvalue weighted by Gasteiger charge is 2.24. The fraction of sp³-hybridized carbons (Fsp3) is 0.375. The minimum absolute atomic E-state index is 0.442. The van der Waals surface area contributed by atoms with Crippen LogP contribution >= 0.6 is 12.2 Å². The topological polar surface area (TPSA) is 42.1 Å². The van der Waals surface area contributed by atoms with Gasteiger partial charge in [-0.1, -0.05) is 37.3 Å². The highest BCUT2D eigenvalue weighted by atomic mass is 32.1. The van der Waals surface area contributed by atoms with Gasteiger partial charge >= 0.3 is 0 Å². The molecule has 1 atom stereocenters. The van der Waals surface area contributed by atoms with E-state index >= 15 is 0 Å². The van der Waals surface area contributed by atoms with Crippen LogP contribution in [-0.4, -0.2) is 22.6 Å². The number of hydrogen-bond acceptors (Lipinski definition) is 3. The number of para-hydroxylation sites is 1. The normalized spacial score (nSPS) is 18.6. The Morgan fingerprint density at radius 2 is 2.25 bits per heavy atom. The lowest BCUT2D eigenvalue weighted by Crippen LogP contribution is -2.29. The molecule has 0 spiro atoms. The second-order valence-electron chi connectivity index (χ2n) is 5.31. The number of nitrogens with two attached hydrogens (primary N) is 1. The van der Waals surface area contributed by atoms with Crippen LogP contribution in [0.2, 0.25) is 0 Å². The summed E-state index contributed by atoms with van der Waals surface area (Å²) in [6.07, 6.45) is 3.62. The molecule has 1 aliphatic rings. The molecule has 3 nitrogen and oxygen atoms in total. The summed E-state index contributed by atoms with van der Waals surface area (Å²) in [5, 5.41) is 1.04. The third kappa shape index (κ3) is 2.24. The molecule has 1 aliphatic heterocycles. The van der Waals surface area contributed by atoms with Gasteiger partial charge in [0.05, 0.1) is 5.52 Å². The minimum Gasteiger partial charge on any atom is -0.389 e. The number of benzene rings is 1. The Morgan fingerprint density at radius 3 is 3.00 bits per heavy atom. The first-order valence-corrected chi connectivity index (χ1v) is 7.57. The predicted octanol–water partition coefficient (Wildman–Crippen LogP) is 3.25. The van der Waals surface area contributed by atoms with Crippen LogP contribution in [0.25, 0.3) is 10.9 Å². The van der Waals surface area contributed by atoms with E-state index < -0.39 is 0 Å². The molecule has 104 valence electrons. The van der Waals surface area contributed by atoms with Gasteiger partial charge in [-0.2, -0.15) is 0 Å². The standard InChI is InChI=1S/C16H19N3S/c1-2-11-6-5-9-19(11)15-10-13(16(17)20)12-7-3-4-8-14(12)18-15/h3-4,7-8,10-11H,2,5-6,9H2,1H3,(H2,17,20). The highest BCUT2D eigenvalue weighted by Crippen LogP contribution is 2.29.